The number of ether oxygens (including phenoxy) is 11. The van der Waals surface area contributed by atoms with Crippen LogP contribution in [0.1, 0.15) is 177 Å². The number of piperidine rings is 1. The van der Waals surface area contributed by atoms with Crippen LogP contribution in [-0.4, -0.2) is 287 Å². The second-order valence-electron chi connectivity index (χ2n) is 35.2. The first-order valence-corrected chi connectivity index (χ1v) is 45.6. The smallest absolute Gasteiger partial charge is 0.407 e. The second-order valence-corrected chi connectivity index (χ2v) is 35.2. The number of cyclic esters (lactones) is 1. The van der Waals surface area contributed by atoms with Gasteiger partial charge in [0.15, 0.2) is 11.4 Å². The fraction of sp³-hybridized carbons (Fsp3) is 0.663. The molecule has 3 aliphatic heterocycles. The number of rotatable bonds is 39. The number of nitrogens with zero attached hydrogens (tertiary/aromatic N) is 9. The maximum atomic E-state index is 15.1. The zero-order chi connectivity index (χ0) is 93.9. The summed E-state index contributed by atoms with van der Waals surface area (Å²) in [5, 5.41) is 63.5. The molecule has 1 saturated carbocycles. The number of nitrogens with one attached hydrogen (secondary N) is 4. The fourth-order valence-electron chi connectivity index (χ4n) is 16.4. The normalized spacial score (nSPS) is 25.8. The lowest BCUT2D eigenvalue weighted by atomic mass is 9.79. The number of fused-ring (bicyclic) bond motifs is 5. The number of aromatic nitrogens is 8. The Morgan fingerprint density at radius 1 is 0.754 bits per heavy atom. The van der Waals surface area contributed by atoms with Gasteiger partial charge >= 0.3 is 12.1 Å². The van der Waals surface area contributed by atoms with Crippen molar-refractivity contribution in [3.63, 3.8) is 0 Å². The third kappa shape index (κ3) is 32.1. The van der Waals surface area contributed by atoms with E-state index in [1.54, 1.807) is 58.9 Å². The number of allylic oxidation sites excluding steroid dienone is 6. The second kappa shape index (κ2) is 52.6. The first-order valence-electron chi connectivity index (χ1n) is 45.6. The fourth-order valence-corrected chi connectivity index (χ4v) is 16.4. The Labute approximate surface area is 760 Å². The van der Waals surface area contributed by atoms with Crippen LogP contribution in [0.25, 0.3) is 33.3 Å². The minimum Gasteiger partial charge on any atom is -0.459 e. The number of aromatic amines is 1. The highest BCUT2D eigenvalue weighted by Gasteiger charge is 2.53. The van der Waals surface area contributed by atoms with Crippen molar-refractivity contribution in [2.45, 2.75) is 244 Å². The number of esters is 1. The van der Waals surface area contributed by atoms with Crippen LogP contribution in [0, 0.1) is 29.6 Å². The van der Waals surface area contributed by atoms with E-state index >= 15 is 4.79 Å². The van der Waals surface area contributed by atoms with Gasteiger partial charge in [0.05, 0.1) is 127 Å². The monoisotopic (exact) mass is 1820 g/mol. The highest BCUT2D eigenvalue weighted by molar-refractivity contribution is 6.39. The van der Waals surface area contributed by atoms with E-state index in [4.69, 9.17) is 79.2 Å². The minimum absolute atomic E-state index is 0.0189. The maximum absolute atomic E-state index is 15.1. The van der Waals surface area contributed by atoms with Crippen LogP contribution >= 0.6 is 0 Å². The number of methoxy groups -OCH3 is 2. The Balaban J connectivity index is 0.638. The van der Waals surface area contributed by atoms with Crippen LogP contribution in [0.3, 0.4) is 0 Å². The van der Waals surface area contributed by atoms with Crippen molar-refractivity contribution in [3.8, 4) is 11.4 Å². The summed E-state index contributed by atoms with van der Waals surface area (Å²) < 4.78 is 67.2. The van der Waals surface area contributed by atoms with Crippen LogP contribution in [0.15, 0.2) is 89.5 Å². The third-order valence-electron chi connectivity index (χ3n) is 23.8. The molecule has 15 atom stereocenters. The van der Waals surface area contributed by atoms with Crippen LogP contribution in [0.4, 0.5) is 16.3 Å². The molecular weight excluding hydrogens is 1680 g/mol. The number of aliphatic hydroxyl groups is 3. The van der Waals surface area contributed by atoms with E-state index in [1.165, 1.54) is 11.2 Å². The number of Topliss-reactive ketones (excluding diaryl/α,β-unsaturated/α-hetero) is 2. The molecule has 0 spiro atoms. The zero-order valence-corrected chi connectivity index (χ0v) is 77.4. The Kier molecular flexibility index (Phi) is 42.2. The number of nitrogens with two attached hydrogens (primary N) is 3. The Morgan fingerprint density at radius 3 is 2.12 bits per heavy atom. The molecule has 38 heteroatoms. The lowest BCUT2D eigenvalue weighted by Gasteiger charge is -2.42. The first kappa shape index (κ1) is 104. The van der Waals surface area contributed by atoms with E-state index in [0.29, 0.717) is 150 Å². The number of carbonyl (C=O) groups excluding carboxylic acids is 7. The van der Waals surface area contributed by atoms with Gasteiger partial charge in [-0.05, 0) is 159 Å². The van der Waals surface area contributed by atoms with Crippen LogP contribution < -0.4 is 33.2 Å². The standard InChI is InChI=1S/C92H140N16O22/c1-58-19-13-12-14-20-59(2)75(119-10)53-68-25-22-63(6)92(118,129-68)85(114)88(115)106-33-17-15-21-74(106)89(116)128-76(54-71(104-130-91(7,8)9)60(3)48-62(5)83(112)84(113)82(111)61(4)47-58)69(94)49-64-23-27-73(77(50-64)120-11)108-55-67(102-105-108)56-127-90(117)98-32-38-124-42-46-126-44-40-122-36-29-79(110)97-31-37-123-41-45-125-43-39-121-35-28-78(109)96-30-16-18-34-107-87-80(86(95)99-57-100-87)81(103-107)72-52-65-51-66(93)24-26-70(65)101-72/h12-14,19-20,24,26,48,51-52,55,57-58,60-61,63-64,68-69,73-77,83-84,101,112-113,118H,15-18,21-23,25,27-47,49-50,53-54,56,93-94H2,1-11H3,(H,96,109)(H,97,110)(H,98,117)(H2,95,99,100)/b14-12?,19-13+,59-20?,62-48+,104-71-/t58-,60-,61-,63-,64+,68+,69-,73+,74+,75+,76+,77-,83-,84+,92-/m1/s1. The van der Waals surface area contributed by atoms with Gasteiger partial charge in [0.25, 0.3) is 11.7 Å². The topological polar surface area (TPSA) is 511 Å². The molecule has 720 valence electrons. The summed E-state index contributed by atoms with van der Waals surface area (Å²) in [5.74, 6) is -8.29. The quantitative estimate of drug-likeness (QED) is 0.00453. The highest BCUT2D eigenvalue weighted by atomic mass is 16.7. The molecule has 1 aliphatic carbocycles. The van der Waals surface area contributed by atoms with Gasteiger partial charge in [-0.2, -0.15) is 5.10 Å². The molecule has 0 radical (unpaired) electrons. The molecule has 0 unspecified atom stereocenters. The molecule has 5 aromatic rings. The van der Waals surface area contributed by atoms with Crippen LogP contribution in [0.5, 0.6) is 0 Å². The molecule has 13 N–H and O–H groups in total. The molecule has 2 bridgehead atoms. The van der Waals surface area contributed by atoms with Crippen molar-refractivity contribution in [1.29, 1.82) is 0 Å². The van der Waals surface area contributed by atoms with Crippen molar-refractivity contribution in [1.82, 2.24) is 60.6 Å². The Hall–Kier alpha value is -9.55. The number of amides is 4. The largest absolute Gasteiger partial charge is 0.459 e. The summed E-state index contributed by atoms with van der Waals surface area (Å²) in [5.41, 5.74) is 24.3. The van der Waals surface area contributed by atoms with Gasteiger partial charge in [-0.1, -0.05) is 74.5 Å². The number of hydrogen-bond acceptors (Lipinski definition) is 31. The average molecular weight is 1820 g/mol. The van der Waals surface area contributed by atoms with Crippen LogP contribution in [-0.2, 0) is 98.9 Å². The molecule has 1 aromatic carbocycles. The third-order valence-corrected chi connectivity index (χ3v) is 23.8. The van der Waals surface area contributed by atoms with E-state index in [-0.39, 0.29) is 133 Å². The average Bonchev–Trinajstić information content (AvgIpc) is 1.51. The summed E-state index contributed by atoms with van der Waals surface area (Å²) in [6, 6.07) is 5.22. The molecule has 4 aliphatic rings. The van der Waals surface area contributed by atoms with Gasteiger partial charge in [0, 0.05) is 113 Å². The number of nitrogen functional groups attached to an aromatic ring is 2. The molecule has 4 aromatic heterocycles. The molecular formula is C92H140N16O22. The maximum Gasteiger partial charge on any atom is 0.407 e. The van der Waals surface area contributed by atoms with E-state index in [9.17, 15) is 44.1 Å². The van der Waals surface area contributed by atoms with Crippen molar-refractivity contribution in [3.05, 3.63) is 90.1 Å². The number of unbranched alkanes of at least 4 members (excludes halogenated alkanes) is 1. The van der Waals surface area contributed by atoms with E-state index in [2.05, 4.69) is 46.4 Å². The summed E-state index contributed by atoms with van der Waals surface area (Å²) in [6.07, 6.45) is 13.9. The van der Waals surface area contributed by atoms with Gasteiger partial charge in [0.2, 0.25) is 17.6 Å². The number of oxime groups is 1. The molecule has 2 saturated heterocycles. The molecule has 4 amide bonds. The van der Waals surface area contributed by atoms with Crippen molar-refractivity contribution in [2.75, 3.05) is 131 Å². The van der Waals surface area contributed by atoms with Crippen molar-refractivity contribution in [2.24, 2.45) is 40.5 Å². The minimum atomic E-state index is -2.51. The van der Waals surface area contributed by atoms with Crippen molar-refractivity contribution < 1.29 is 106 Å². The lowest BCUT2D eigenvalue weighted by Crippen LogP contribution is -2.61. The number of ketones is 2. The number of carbonyl (C=O) groups is 7. The van der Waals surface area contributed by atoms with E-state index in [0.717, 1.165) is 35.0 Å². The van der Waals surface area contributed by atoms with Crippen molar-refractivity contribution >= 4 is 80.5 Å². The summed E-state index contributed by atoms with van der Waals surface area (Å²) in [6.45, 7) is 20.9. The molecule has 9 rings (SSSR count). The summed E-state index contributed by atoms with van der Waals surface area (Å²) in [7, 11) is 3.16. The number of hydrogen-bond donors (Lipinski definition) is 10. The van der Waals surface area contributed by atoms with Gasteiger partial charge in [-0.3, -0.25) is 24.0 Å². The SMILES string of the molecule is CO[C@H]1C[C@@H]2CC[C@@H](C)[C@@](O)(O2)C(=O)C(=O)N2CCCC[C@H]2C(=O)O[C@H]([C@H](N)C[C@@H]2CC[C@H](n3cc(COC(=O)NCCOCCOCCOCCC(=O)NCCOCCOCCOCCC(=O)NCCCCn4nc(-c5cc6cc(N)ccc6[nH]5)c5c(N)ncnc54)nn3)[C@H](OC)C2)C/C(=N/OC(C)(C)C)[C@H](C)/C=C(\C)[C@@H](O)[C@@H](O)C(=O)[C@H](C)C[C@H](C)/C=C/C=CC=C1C. The molecule has 3 fully saturated rings. The predicted octanol–water partition coefficient (Wildman–Crippen LogP) is 7.56. The number of aryl methyl sites for hydroxylation is 1. The van der Waals surface area contributed by atoms with Gasteiger partial charge in [-0.25, -0.2) is 28.9 Å². The number of aliphatic hydroxyl groups excluding tert-OH is 2. The number of H-pyrrole nitrogens is 1. The van der Waals surface area contributed by atoms with E-state index in [1.807, 2.05) is 93.9 Å². The van der Waals surface area contributed by atoms with E-state index < -0.39 is 107 Å². The summed E-state index contributed by atoms with van der Waals surface area (Å²) in [4.78, 5) is 115. The predicted molar refractivity (Wildman–Crippen MR) is 485 cm³/mol. The van der Waals surface area contributed by atoms with Gasteiger partial charge < -0.3 is 115 Å². The Morgan fingerprint density at radius 2 is 1.43 bits per heavy atom. The van der Waals surface area contributed by atoms with Gasteiger partial charge in [-0.15, -0.1) is 5.10 Å². The van der Waals surface area contributed by atoms with Gasteiger partial charge in [0.1, 0.15) is 60.1 Å². The first-order chi connectivity index (χ1) is 62.3. The van der Waals surface area contributed by atoms with Crippen LogP contribution in [0.2, 0.25) is 0 Å². The molecule has 130 heavy (non-hydrogen) atoms. The Bertz CT molecular complexity index is 4600. The molecule has 7 heterocycles. The number of anilines is 2. The lowest BCUT2D eigenvalue weighted by molar-refractivity contribution is -0.265. The zero-order valence-electron chi connectivity index (χ0n) is 77.4. The number of benzene rings is 1. The number of alkyl carbamates (subject to hydrolysis) is 1. The molecule has 38 nitrogen and oxygen atoms in total. The summed E-state index contributed by atoms with van der Waals surface area (Å²) >= 11 is 0. The highest BCUT2D eigenvalue weighted by Crippen LogP contribution is 2.40.